The predicted molar refractivity (Wildman–Crippen MR) is 88.6 cm³/mol. The van der Waals surface area contributed by atoms with Crippen molar-refractivity contribution in [3.8, 4) is 5.75 Å². The van der Waals surface area contributed by atoms with Crippen molar-refractivity contribution < 1.29 is 13.2 Å². The van der Waals surface area contributed by atoms with Crippen LogP contribution in [0, 0.1) is 5.92 Å². The summed E-state index contributed by atoms with van der Waals surface area (Å²) in [7, 11) is -1.56. The van der Waals surface area contributed by atoms with Gasteiger partial charge in [-0.25, -0.2) is 13.1 Å². The smallest absolute Gasteiger partial charge is 0.208 e. The Bertz CT molecular complexity index is 581. The standard InChI is InChI=1S/C16H26N2O3S/c1-13-8-10-18(11-9-13)15(12-17-22(3,19)20)14-6-4-5-7-16(14)21-2/h4-7,13,15,17H,8-12H2,1-3H3. The van der Waals surface area contributed by atoms with Crippen molar-refractivity contribution in [1.82, 2.24) is 9.62 Å². The zero-order valence-corrected chi connectivity index (χ0v) is 14.4. The second-order valence-corrected chi connectivity index (χ2v) is 7.93. The Morgan fingerprint density at radius 2 is 1.95 bits per heavy atom. The van der Waals surface area contributed by atoms with Crippen LogP contribution in [0.4, 0.5) is 0 Å². The van der Waals surface area contributed by atoms with E-state index < -0.39 is 10.0 Å². The molecule has 6 heteroatoms. The Kier molecular flexibility index (Phi) is 5.83. The highest BCUT2D eigenvalue weighted by molar-refractivity contribution is 7.88. The largest absolute Gasteiger partial charge is 0.496 e. The number of rotatable bonds is 6. The summed E-state index contributed by atoms with van der Waals surface area (Å²) >= 11 is 0. The molecule has 1 N–H and O–H groups in total. The third-order valence-corrected chi connectivity index (χ3v) is 4.99. The van der Waals surface area contributed by atoms with E-state index in [0.717, 1.165) is 43.2 Å². The molecule has 1 unspecified atom stereocenters. The maximum Gasteiger partial charge on any atom is 0.208 e. The fourth-order valence-electron chi connectivity index (χ4n) is 2.95. The number of para-hydroxylation sites is 1. The minimum Gasteiger partial charge on any atom is -0.496 e. The van der Waals surface area contributed by atoms with Gasteiger partial charge < -0.3 is 4.74 Å². The third kappa shape index (κ3) is 4.69. The first-order valence-electron chi connectivity index (χ1n) is 7.72. The summed E-state index contributed by atoms with van der Waals surface area (Å²) in [5.41, 5.74) is 1.04. The molecule has 1 aliphatic rings. The van der Waals surface area contributed by atoms with Gasteiger partial charge in [0, 0.05) is 12.1 Å². The third-order valence-electron chi connectivity index (χ3n) is 4.30. The summed E-state index contributed by atoms with van der Waals surface area (Å²) in [5.74, 6) is 1.54. The quantitative estimate of drug-likeness (QED) is 0.869. The van der Waals surface area contributed by atoms with E-state index >= 15 is 0 Å². The van der Waals surface area contributed by atoms with E-state index in [9.17, 15) is 8.42 Å². The van der Waals surface area contributed by atoms with Gasteiger partial charge in [0.15, 0.2) is 0 Å². The lowest BCUT2D eigenvalue weighted by molar-refractivity contribution is 0.137. The Hall–Kier alpha value is -1.11. The fourth-order valence-corrected chi connectivity index (χ4v) is 3.41. The van der Waals surface area contributed by atoms with Crippen LogP contribution in [0.2, 0.25) is 0 Å². The van der Waals surface area contributed by atoms with E-state index in [1.807, 2.05) is 24.3 Å². The molecule has 0 saturated carbocycles. The lowest BCUT2D eigenvalue weighted by Crippen LogP contribution is -2.41. The lowest BCUT2D eigenvalue weighted by Gasteiger charge is -2.37. The van der Waals surface area contributed by atoms with Gasteiger partial charge in [-0.15, -0.1) is 0 Å². The summed E-state index contributed by atoms with van der Waals surface area (Å²) in [6.07, 6.45) is 3.49. The molecular weight excluding hydrogens is 300 g/mol. The number of ether oxygens (including phenoxy) is 1. The monoisotopic (exact) mass is 326 g/mol. The second-order valence-electron chi connectivity index (χ2n) is 6.10. The van der Waals surface area contributed by atoms with Crippen LogP contribution in [0.1, 0.15) is 31.4 Å². The summed E-state index contributed by atoms with van der Waals surface area (Å²) < 4.78 is 31.1. The lowest BCUT2D eigenvalue weighted by atomic mass is 9.95. The van der Waals surface area contributed by atoms with Crippen LogP contribution in [0.15, 0.2) is 24.3 Å². The summed E-state index contributed by atoms with van der Waals surface area (Å²) in [4.78, 5) is 2.36. The molecule has 0 radical (unpaired) electrons. The van der Waals surface area contributed by atoms with Crippen molar-refractivity contribution in [2.45, 2.75) is 25.8 Å². The molecule has 1 aromatic carbocycles. The number of nitrogens with zero attached hydrogens (tertiary/aromatic N) is 1. The van der Waals surface area contributed by atoms with E-state index in [1.165, 1.54) is 6.26 Å². The molecule has 5 nitrogen and oxygen atoms in total. The average molecular weight is 326 g/mol. The van der Waals surface area contributed by atoms with Gasteiger partial charge in [-0.2, -0.15) is 0 Å². The molecule has 0 amide bonds. The molecule has 124 valence electrons. The first-order chi connectivity index (χ1) is 10.4. The molecule has 2 rings (SSSR count). The molecular formula is C16H26N2O3S. The Morgan fingerprint density at radius 1 is 1.32 bits per heavy atom. The molecule has 0 aromatic heterocycles. The highest BCUT2D eigenvalue weighted by Gasteiger charge is 2.27. The molecule has 0 spiro atoms. The van der Waals surface area contributed by atoms with Gasteiger partial charge in [0.25, 0.3) is 0 Å². The van der Waals surface area contributed by atoms with Crippen molar-refractivity contribution in [2.75, 3.05) is 33.0 Å². The van der Waals surface area contributed by atoms with Crippen LogP contribution in [0.5, 0.6) is 5.75 Å². The number of nitrogens with one attached hydrogen (secondary N) is 1. The number of methoxy groups -OCH3 is 1. The molecule has 0 aliphatic carbocycles. The second kappa shape index (κ2) is 7.44. The molecule has 1 atom stereocenters. The highest BCUT2D eigenvalue weighted by Crippen LogP contribution is 2.31. The fraction of sp³-hybridized carbons (Fsp3) is 0.625. The number of sulfonamides is 1. The average Bonchev–Trinajstić information content (AvgIpc) is 2.48. The van der Waals surface area contributed by atoms with Crippen LogP contribution in [0.3, 0.4) is 0 Å². The van der Waals surface area contributed by atoms with E-state index in [2.05, 4.69) is 16.5 Å². The molecule has 0 bridgehead atoms. The number of likely N-dealkylation sites (tertiary alicyclic amines) is 1. The van der Waals surface area contributed by atoms with E-state index in [-0.39, 0.29) is 6.04 Å². The van der Waals surface area contributed by atoms with Crippen molar-refractivity contribution in [3.05, 3.63) is 29.8 Å². The zero-order chi connectivity index (χ0) is 16.2. The van der Waals surface area contributed by atoms with Crippen LogP contribution in [-0.2, 0) is 10.0 Å². The van der Waals surface area contributed by atoms with Gasteiger partial charge in [0.05, 0.1) is 19.4 Å². The topological polar surface area (TPSA) is 58.6 Å². The van der Waals surface area contributed by atoms with Crippen molar-refractivity contribution in [1.29, 1.82) is 0 Å². The Balaban J connectivity index is 2.24. The van der Waals surface area contributed by atoms with Gasteiger partial charge in [0.2, 0.25) is 10.0 Å². The van der Waals surface area contributed by atoms with Gasteiger partial charge in [-0.05, 0) is 37.9 Å². The number of hydrogen-bond acceptors (Lipinski definition) is 4. The minimum absolute atomic E-state index is 0.00150. The number of piperidine rings is 1. The maximum atomic E-state index is 11.5. The van der Waals surface area contributed by atoms with Crippen LogP contribution in [-0.4, -0.2) is 46.3 Å². The highest BCUT2D eigenvalue weighted by atomic mass is 32.2. The van der Waals surface area contributed by atoms with Crippen LogP contribution < -0.4 is 9.46 Å². The van der Waals surface area contributed by atoms with Gasteiger partial charge in [-0.1, -0.05) is 25.1 Å². The van der Waals surface area contributed by atoms with Crippen LogP contribution >= 0.6 is 0 Å². The number of hydrogen-bond donors (Lipinski definition) is 1. The summed E-state index contributed by atoms with van der Waals surface area (Å²) in [6, 6.07) is 7.85. The predicted octanol–water partition coefficient (Wildman–Crippen LogP) is 2.02. The summed E-state index contributed by atoms with van der Waals surface area (Å²) in [6.45, 7) is 4.60. The van der Waals surface area contributed by atoms with E-state index in [0.29, 0.717) is 6.54 Å². The van der Waals surface area contributed by atoms with Gasteiger partial charge in [0.1, 0.15) is 5.75 Å². The first kappa shape index (κ1) is 17.2. The molecule has 1 heterocycles. The Morgan fingerprint density at radius 3 is 2.55 bits per heavy atom. The van der Waals surface area contributed by atoms with Crippen molar-refractivity contribution in [2.24, 2.45) is 5.92 Å². The summed E-state index contributed by atoms with van der Waals surface area (Å²) in [5, 5.41) is 0. The molecule has 1 aromatic rings. The maximum absolute atomic E-state index is 11.5. The van der Waals surface area contributed by atoms with Crippen molar-refractivity contribution in [3.63, 3.8) is 0 Å². The van der Waals surface area contributed by atoms with Crippen molar-refractivity contribution >= 4 is 10.0 Å². The first-order valence-corrected chi connectivity index (χ1v) is 9.61. The normalized spacial score (nSPS) is 19.0. The van der Waals surface area contributed by atoms with Gasteiger partial charge >= 0.3 is 0 Å². The minimum atomic E-state index is -3.21. The van der Waals surface area contributed by atoms with Crippen LogP contribution in [0.25, 0.3) is 0 Å². The zero-order valence-electron chi connectivity index (χ0n) is 13.6. The molecule has 22 heavy (non-hydrogen) atoms. The molecule has 1 saturated heterocycles. The van der Waals surface area contributed by atoms with E-state index in [1.54, 1.807) is 7.11 Å². The number of benzene rings is 1. The van der Waals surface area contributed by atoms with E-state index in [4.69, 9.17) is 4.74 Å². The molecule has 1 aliphatic heterocycles. The molecule has 1 fully saturated rings. The van der Waals surface area contributed by atoms with Gasteiger partial charge in [-0.3, -0.25) is 4.90 Å². The Labute approximate surface area is 133 Å². The SMILES string of the molecule is COc1ccccc1C(CNS(C)(=O)=O)N1CCC(C)CC1.